The Balaban J connectivity index is 1.94. The molecule has 4 aromatic rings. The number of fused-ring (bicyclic) bond motifs is 1. The highest BCUT2D eigenvalue weighted by Crippen LogP contribution is 2.36. The number of carbonyl (C=O) groups excluding carboxylic acids is 1. The van der Waals surface area contributed by atoms with Gasteiger partial charge in [-0.3, -0.25) is 4.79 Å². The minimum atomic E-state index is -3.81. The molecule has 0 saturated heterocycles. The Hall–Kier alpha value is -3.80. The van der Waals surface area contributed by atoms with Crippen LogP contribution in [0.5, 0.6) is 5.88 Å². The second kappa shape index (κ2) is 11.7. The Kier molecular flexibility index (Phi) is 8.57. The highest BCUT2D eigenvalue weighted by Gasteiger charge is 2.24. The predicted molar refractivity (Wildman–Crippen MR) is 158 cm³/mol. The largest absolute Gasteiger partial charge is 0.494 e. The van der Waals surface area contributed by atoms with Gasteiger partial charge in [-0.05, 0) is 50.6 Å². The fourth-order valence-electron chi connectivity index (χ4n) is 4.49. The number of aliphatic imine (C=N–C) groups is 1. The molecule has 2 heterocycles. The summed E-state index contributed by atoms with van der Waals surface area (Å²) >= 11 is 1.32. The minimum Gasteiger partial charge on any atom is -0.494 e. The zero-order chi connectivity index (χ0) is 29.2. The standard InChI is InChI=1S/C29H31N3O6S2/c1-6-31(7-2)40(36,37)21-13-11-12-20(16-21)32-27(33)23-15-10-9-14-22(23)24(28(32)34)17-30-26-25(29(35)38-8-3)18(4)19(5)39-26/h9-17,34H,6-8H2,1-5H3. The van der Waals surface area contributed by atoms with E-state index in [1.807, 2.05) is 13.8 Å². The third-order valence-corrected chi connectivity index (χ3v) is 9.84. The summed E-state index contributed by atoms with van der Waals surface area (Å²) in [5.74, 6) is -0.894. The van der Waals surface area contributed by atoms with Gasteiger partial charge >= 0.3 is 5.97 Å². The van der Waals surface area contributed by atoms with Gasteiger partial charge in [-0.2, -0.15) is 4.31 Å². The number of carbonyl (C=O) groups is 1. The predicted octanol–water partition coefficient (Wildman–Crippen LogP) is 5.33. The molecule has 4 rings (SSSR count). The van der Waals surface area contributed by atoms with Gasteiger partial charge in [0.05, 0.1) is 28.3 Å². The van der Waals surface area contributed by atoms with E-state index in [1.54, 1.807) is 51.1 Å². The van der Waals surface area contributed by atoms with Crippen molar-refractivity contribution in [2.45, 2.75) is 39.5 Å². The molecule has 0 aliphatic carbocycles. The number of pyridine rings is 1. The molecule has 1 N–H and O–H groups in total. The molecule has 0 aliphatic rings. The molecule has 0 bridgehead atoms. The van der Waals surface area contributed by atoms with E-state index < -0.39 is 27.4 Å². The van der Waals surface area contributed by atoms with E-state index in [4.69, 9.17) is 4.74 Å². The molecule has 0 unspecified atom stereocenters. The Bertz CT molecular complexity index is 1780. The molecule has 2 aromatic heterocycles. The van der Waals surface area contributed by atoms with E-state index in [1.165, 1.54) is 40.1 Å². The van der Waals surface area contributed by atoms with Crippen LogP contribution in [0, 0.1) is 13.8 Å². The van der Waals surface area contributed by atoms with Crippen LogP contribution in [-0.2, 0) is 14.8 Å². The van der Waals surface area contributed by atoms with Crippen molar-refractivity contribution in [3.8, 4) is 11.6 Å². The molecule has 0 aliphatic heterocycles. The number of benzene rings is 2. The van der Waals surface area contributed by atoms with Gasteiger partial charge < -0.3 is 9.84 Å². The number of ether oxygens (including phenoxy) is 1. The van der Waals surface area contributed by atoms with Gasteiger partial charge in [0.25, 0.3) is 5.56 Å². The number of esters is 1. The molecule has 2 aromatic carbocycles. The van der Waals surface area contributed by atoms with Crippen molar-refractivity contribution in [2.75, 3.05) is 19.7 Å². The van der Waals surface area contributed by atoms with Crippen molar-refractivity contribution in [3.63, 3.8) is 0 Å². The lowest BCUT2D eigenvalue weighted by Gasteiger charge is -2.19. The Morgan fingerprint density at radius 3 is 2.40 bits per heavy atom. The van der Waals surface area contributed by atoms with E-state index in [0.717, 1.165) is 15.0 Å². The van der Waals surface area contributed by atoms with Crippen LogP contribution in [0.2, 0.25) is 0 Å². The van der Waals surface area contributed by atoms with Crippen molar-refractivity contribution in [3.05, 3.63) is 80.5 Å². The smallest absolute Gasteiger partial charge is 0.341 e. The normalized spacial score (nSPS) is 12.1. The van der Waals surface area contributed by atoms with Crippen molar-refractivity contribution >= 4 is 49.3 Å². The highest BCUT2D eigenvalue weighted by molar-refractivity contribution is 7.89. The lowest BCUT2D eigenvalue weighted by Crippen LogP contribution is -2.30. The Labute approximate surface area is 237 Å². The maximum Gasteiger partial charge on any atom is 0.341 e. The Morgan fingerprint density at radius 1 is 1.07 bits per heavy atom. The molecule has 11 heteroatoms. The van der Waals surface area contributed by atoms with Crippen LogP contribution in [0.25, 0.3) is 16.5 Å². The number of hydrogen-bond acceptors (Lipinski definition) is 8. The minimum absolute atomic E-state index is 0.00647. The van der Waals surface area contributed by atoms with Gasteiger partial charge in [0, 0.05) is 35.0 Å². The molecular weight excluding hydrogens is 550 g/mol. The lowest BCUT2D eigenvalue weighted by atomic mass is 10.1. The quantitative estimate of drug-likeness (QED) is 0.211. The molecule has 0 atom stereocenters. The maximum atomic E-state index is 13.6. The fraction of sp³-hybridized carbons (Fsp3) is 0.276. The van der Waals surface area contributed by atoms with Gasteiger partial charge in [0.2, 0.25) is 15.9 Å². The number of nitrogens with zero attached hydrogens (tertiary/aromatic N) is 3. The number of rotatable bonds is 9. The van der Waals surface area contributed by atoms with Crippen molar-refractivity contribution in [1.29, 1.82) is 0 Å². The summed E-state index contributed by atoms with van der Waals surface area (Å²) in [7, 11) is -3.81. The second-order valence-corrected chi connectivity index (χ2v) is 12.1. The Morgan fingerprint density at radius 2 is 1.75 bits per heavy atom. The summed E-state index contributed by atoms with van der Waals surface area (Å²) in [6.07, 6.45) is 1.41. The third kappa shape index (κ3) is 5.19. The zero-order valence-electron chi connectivity index (χ0n) is 23.0. The van der Waals surface area contributed by atoms with Gasteiger partial charge in [-0.25, -0.2) is 22.8 Å². The van der Waals surface area contributed by atoms with Crippen LogP contribution >= 0.6 is 11.3 Å². The van der Waals surface area contributed by atoms with E-state index in [0.29, 0.717) is 34.4 Å². The number of aryl methyl sites for hydroxylation is 1. The molecular formula is C29H31N3O6S2. The average Bonchev–Trinajstić information content (AvgIpc) is 3.22. The summed E-state index contributed by atoms with van der Waals surface area (Å²) < 4.78 is 33.9. The van der Waals surface area contributed by atoms with E-state index in [9.17, 15) is 23.1 Å². The van der Waals surface area contributed by atoms with Crippen molar-refractivity contribution < 1.29 is 23.1 Å². The third-order valence-electron chi connectivity index (χ3n) is 6.68. The molecule has 40 heavy (non-hydrogen) atoms. The molecule has 0 fully saturated rings. The van der Waals surface area contributed by atoms with Crippen LogP contribution < -0.4 is 5.56 Å². The van der Waals surface area contributed by atoms with Gasteiger partial charge in [0.1, 0.15) is 5.00 Å². The van der Waals surface area contributed by atoms with E-state index in [2.05, 4.69) is 4.99 Å². The van der Waals surface area contributed by atoms with Crippen LogP contribution in [0.1, 0.15) is 47.1 Å². The van der Waals surface area contributed by atoms with Crippen LogP contribution in [-0.4, -0.2) is 54.3 Å². The van der Waals surface area contributed by atoms with Crippen molar-refractivity contribution in [1.82, 2.24) is 8.87 Å². The van der Waals surface area contributed by atoms with Gasteiger partial charge in [-0.15, -0.1) is 11.3 Å². The molecule has 210 valence electrons. The average molecular weight is 582 g/mol. The van der Waals surface area contributed by atoms with Gasteiger partial charge in [-0.1, -0.05) is 38.1 Å². The molecule has 9 nitrogen and oxygen atoms in total. The monoisotopic (exact) mass is 581 g/mol. The zero-order valence-corrected chi connectivity index (χ0v) is 24.6. The number of aromatic hydroxyl groups is 1. The van der Waals surface area contributed by atoms with Crippen LogP contribution in [0.3, 0.4) is 0 Å². The molecule has 0 amide bonds. The van der Waals surface area contributed by atoms with Crippen LogP contribution in [0.4, 0.5) is 5.00 Å². The summed E-state index contributed by atoms with van der Waals surface area (Å²) in [4.78, 5) is 31.7. The summed E-state index contributed by atoms with van der Waals surface area (Å²) in [5.41, 5.74) is 1.03. The lowest BCUT2D eigenvalue weighted by molar-refractivity contribution is 0.0527. The second-order valence-electron chi connectivity index (χ2n) is 8.95. The molecule has 0 saturated carbocycles. The number of sulfonamides is 1. The SMILES string of the molecule is CCOC(=O)c1c(N=Cc2c(O)n(-c3cccc(S(=O)(=O)N(CC)CC)c3)c(=O)c3ccccc23)sc(C)c1C. The number of hydrogen-bond donors (Lipinski definition) is 1. The van der Waals surface area contributed by atoms with E-state index in [-0.39, 0.29) is 22.8 Å². The first-order chi connectivity index (χ1) is 19.1. The van der Waals surface area contributed by atoms with E-state index >= 15 is 0 Å². The number of thiophene rings is 1. The highest BCUT2D eigenvalue weighted by atomic mass is 32.2. The summed E-state index contributed by atoms with van der Waals surface area (Å²) in [5, 5.41) is 12.6. The first kappa shape index (κ1) is 29.2. The first-order valence-corrected chi connectivity index (χ1v) is 15.1. The molecule has 0 radical (unpaired) electrons. The first-order valence-electron chi connectivity index (χ1n) is 12.8. The fourth-order valence-corrected chi connectivity index (χ4v) is 6.98. The maximum absolute atomic E-state index is 13.6. The molecule has 0 spiro atoms. The summed E-state index contributed by atoms with van der Waals surface area (Å²) in [6.45, 7) is 9.74. The summed E-state index contributed by atoms with van der Waals surface area (Å²) in [6, 6.07) is 12.7. The van der Waals surface area contributed by atoms with Gasteiger partial charge in [0.15, 0.2) is 0 Å². The van der Waals surface area contributed by atoms with Crippen LogP contribution in [0.15, 0.2) is 63.2 Å². The number of aromatic nitrogens is 1. The van der Waals surface area contributed by atoms with Crippen molar-refractivity contribution in [2.24, 2.45) is 4.99 Å². The topological polar surface area (TPSA) is 118 Å².